The van der Waals surface area contributed by atoms with Crippen molar-refractivity contribution in [1.29, 1.82) is 0 Å². The van der Waals surface area contributed by atoms with Crippen LogP contribution in [0.15, 0.2) is 41.3 Å². The van der Waals surface area contributed by atoms with Gasteiger partial charge in [0.2, 0.25) is 0 Å². The van der Waals surface area contributed by atoms with Gasteiger partial charge in [-0.1, -0.05) is 19.1 Å². The summed E-state index contributed by atoms with van der Waals surface area (Å²) >= 11 is 0. The van der Waals surface area contributed by atoms with Crippen LogP contribution in [0.5, 0.6) is 5.75 Å². The van der Waals surface area contributed by atoms with E-state index < -0.39 is 9.84 Å². The lowest BCUT2D eigenvalue weighted by Gasteiger charge is -2.06. The van der Waals surface area contributed by atoms with Gasteiger partial charge in [-0.3, -0.25) is 0 Å². The Kier molecular flexibility index (Phi) is 2.59. The van der Waals surface area contributed by atoms with Gasteiger partial charge in [0, 0.05) is 5.39 Å². The van der Waals surface area contributed by atoms with Crippen LogP contribution in [-0.4, -0.2) is 19.3 Å². The molecule has 0 fully saturated rings. The Labute approximate surface area is 94.3 Å². The van der Waals surface area contributed by atoms with Gasteiger partial charge in [0.25, 0.3) is 0 Å². The number of sulfone groups is 1. The summed E-state index contributed by atoms with van der Waals surface area (Å²) in [5, 5.41) is 10.7. The minimum atomic E-state index is -3.22. The number of phenols is 1. The third-order valence-corrected chi connectivity index (χ3v) is 4.33. The summed E-state index contributed by atoms with van der Waals surface area (Å²) in [5.41, 5.74) is 0. The predicted molar refractivity (Wildman–Crippen MR) is 63.3 cm³/mol. The molecule has 0 aliphatic heterocycles. The summed E-state index contributed by atoms with van der Waals surface area (Å²) in [7, 11) is -3.22. The molecule has 2 aromatic rings. The van der Waals surface area contributed by atoms with Crippen molar-refractivity contribution < 1.29 is 13.5 Å². The highest BCUT2D eigenvalue weighted by atomic mass is 32.2. The largest absolute Gasteiger partial charge is 0.508 e. The molecule has 0 bridgehead atoms. The highest BCUT2D eigenvalue weighted by Crippen LogP contribution is 2.26. The first kappa shape index (κ1) is 11.0. The van der Waals surface area contributed by atoms with Crippen LogP contribution in [0.1, 0.15) is 6.92 Å². The lowest BCUT2D eigenvalue weighted by atomic mass is 10.1. The molecule has 0 amide bonds. The Morgan fingerprint density at radius 3 is 2.62 bits per heavy atom. The van der Waals surface area contributed by atoms with Crippen LogP contribution in [0.3, 0.4) is 0 Å². The average molecular weight is 236 g/mol. The van der Waals surface area contributed by atoms with Crippen LogP contribution in [0.25, 0.3) is 10.8 Å². The summed E-state index contributed by atoms with van der Waals surface area (Å²) in [6, 6.07) is 9.75. The van der Waals surface area contributed by atoms with Crippen LogP contribution in [0, 0.1) is 0 Å². The SMILES string of the molecule is CCS(=O)(=O)c1cccc2cc(O)ccc12. The second-order valence-electron chi connectivity index (χ2n) is 3.57. The van der Waals surface area contributed by atoms with E-state index in [1.54, 1.807) is 37.3 Å². The molecule has 0 aliphatic carbocycles. The molecule has 84 valence electrons. The van der Waals surface area contributed by atoms with E-state index in [1.165, 1.54) is 6.07 Å². The van der Waals surface area contributed by atoms with Gasteiger partial charge < -0.3 is 5.11 Å². The number of phenolic OH excluding ortho intramolecular Hbond substituents is 1. The van der Waals surface area contributed by atoms with Crippen molar-refractivity contribution in [3.8, 4) is 5.75 Å². The van der Waals surface area contributed by atoms with Crippen molar-refractivity contribution in [3.63, 3.8) is 0 Å². The van der Waals surface area contributed by atoms with Gasteiger partial charge >= 0.3 is 0 Å². The molecular formula is C12H12O3S. The minimum absolute atomic E-state index is 0.0764. The fraction of sp³-hybridized carbons (Fsp3) is 0.167. The summed E-state index contributed by atoms with van der Waals surface area (Å²) in [5.74, 6) is 0.214. The number of fused-ring (bicyclic) bond motifs is 1. The molecule has 2 aromatic carbocycles. The maximum atomic E-state index is 11.8. The molecule has 0 spiro atoms. The summed E-state index contributed by atoms with van der Waals surface area (Å²) in [6.45, 7) is 1.62. The molecule has 1 N–H and O–H groups in total. The fourth-order valence-corrected chi connectivity index (χ4v) is 2.79. The van der Waals surface area contributed by atoms with Gasteiger partial charge in [-0.25, -0.2) is 8.42 Å². The molecule has 0 aromatic heterocycles. The van der Waals surface area contributed by atoms with Crippen molar-refractivity contribution in [1.82, 2.24) is 0 Å². The van der Waals surface area contributed by atoms with Gasteiger partial charge in [-0.15, -0.1) is 0 Å². The number of rotatable bonds is 2. The van der Waals surface area contributed by atoms with Crippen molar-refractivity contribution in [2.45, 2.75) is 11.8 Å². The molecule has 0 unspecified atom stereocenters. The van der Waals surface area contributed by atoms with Crippen LogP contribution in [-0.2, 0) is 9.84 Å². The van der Waals surface area contributed by atoms with E-state index in [4.69, 9.17) is 0 Å². The van der Waals surface area contributed by atoms with Gasteiger partial charge in [0.1, 0.15) is 5.75 Å². The van der Waals surface area contributed by atoms with Gasteiger partial charge in [-0.05, 0) is 29.7 Å². The quantitative estimate of drug-likeness (QED) is 0.870. The molecule has 0 heterocycles. The molecule has 4 heteroatoms. The molecule has 0 aliphatic rings. The topological polar surface area (TPSA) is 54.4 Å². The monoisotopic (exact) mass is 236 g/mol. The summed E-state index contributed by atoms with van der Waals surface area (Å²) in [4.78, 5) is 0.326. The first-order valence-electron chi connectivity index (χ1n) is 4.99. The molecule has 0 saturated carbocycles. The van der Waals surface area contributed by atoms with Crippen LogP contribution in [0.2, 0.25) is 0 Å². The van der Waals surface area contributed by atoms with E-state index in [-0.39, 0.29) is 11.5 Å². The van der Waals surface area contributed by atoms with E-state index in [1.807, 2.05) is 0 Å². The van der Waals surface area contributed by atoms with Crippen molar-refractivity contribution in [3.05, 3.63) is 36.4 Å². The Hall–Kier alpha value is -1.55. The van der Waals surface area contributed by atoms with Crippen molar-refractivity contribution in [2.75, 3.05) is 5.75 Å². The normalized spacial score (nSPS) is 11.8. The molecule has 0 atom stereocenters. The smallest absolute Gasteiger partial charge is 0.178 e. The van der Waals surface area contributed by atoms with E-state index in [2.05, 4.69) is 0 Å². The van der Waals surface area contributed by atoms with E-state index in [0.29, 0.717) is 10.3 Å². The minimum Gasteiger partial charge on any atom is -0.508 e. The Morgan fingerprint density at radius 1 is 1.19 bits per heavy atom. The maximum absolute atomic E-state index is 11.8. The lowest BCUT2D eigenvalue weighted by molar-refractivity contribution is 0.476. The van der Waals surface area contributed by atoms with E-state index in [9.17, 15) is 13.5 Å². The number of hydrogen-bond donors (Lipinski definition) is 1. The number of hydrogen-bond acceptors (Lipinski definition) is 3. The third-order valence-electron chi connectivity index (χ3n) is 2.54. The first-order chi connectivity index (χ1) is 7.54. The number of benzene rings is 2. The van der Waals surface area contributed by atoms with Gasteiger partial charge in [0.05, 0.1) is 10.6 Å². The molecule has 0 radical (unpaired) electrons. The highest BCUT2D eigenvalue weighted by Gasteiger charge is 2.14. The average Bonchev–Trinajstić information content (AvgIpc) is 2.27. The Morgan fingerprint density at radius 2 is 1.94 bits per heavy atom. The fourth-order valence-electron chi connectivity index (χ4n) is 1.67. The maximum Gasteiger partial charge on any atom is 0.178 e. The molecular weight excluding hydrogens is 224 g/mol. The summed E-state index contributed by atoms with van der Waals surface area (Å²) in [6.07, 6.45) is 0. The third kappa shape index (κ3) is 1.76. The Bertz CT molecular complexity index is 630. The molecule has 0 saturated heterocycles. The van der Waals surface area contributed by atoms with Crippen molar-refractivity contribution in [2.24, 2.45) is 0 Å². The number of aromatic hydroxyl groups is 1. The highest BCUT2D eigenvalue weighted by molar-refractivity contribution is 7.91. The van der Waals surface area contributed by atoms with Crippen LogP contribution < -0.4 is 0 Å². The van der Waals surface area contributed by atoms with Gasteiger partial charge in [-0.2, -0.15) is 0 Å². The zero-order valence-corrected chi connectivity index (χ0v) is 9.66. The van der Waals surface area contributed by atoms with Crippen LogP contribution >= 0.6 is 0 Å². The second-order valence-corrected chi connectivity index (χ2v) is 5.81. The zero-order chi connectivity index (χ0) is 11.8. The van der Waals surface area contributed by atoms with Crippen LogP contribution in [0.4, 0.5) is 0 Å². The first-order valence-corrected chi connectivity index (χ1v) is 6.64. The molecule has 2 rings (SSSR count). The Balaban J connectivity index is 2.82. The zero-order valence-electron chi connectivity index (χ0n) is 8.84. The standard InChI is InChI=1S/C12H12O3S/c1-2-16(14,15)12-5-3-4-9-8-10(13)6-7-11(9)12/h3-8,13H,2H2,1H3. The predicted octanol–water partition coefficient (Wildman–Crippen LogP) is 2.34. The van der Waals surface area contributed by atoms with Crippen molar-refractivity contribution >= 4 is 20.6 Å². The lowest BCUT2D eigenvalue weighted by Crippen LogP contribution is -2.04. The van der Waals surface area contributed by atoms with E-state index >= 15 is 0 Å². The second kappa shape index (κ2) is 3.79. The van der Waals surface area contributed by atoms with E-state index in [0.717, 1.165) is 5.39 Å². The molecule has 16 heavy (non-hydrogen) atoms. The molecule has 3 nitrogen and oxygen atoms in total. The van der Waals surface area contributed by atoms with Gasteiger partial charge in [0.15, 0.2) is 9.84 Å². The summed E-state index contributed by atoms with van der Waals surface area (Å²) < 4.78 is 23.7.